The number of rotatable bonds is 5. The SMILES string of the molecule is CC(C)CC(O)Cc1nc(-c2cc3ccccc3o2)no1. The fourth-order valence-electron chi connectivity index (χ4n) is 2.36. The summed E-state index contributed by atoms with van der Waals surface area (Å²) in [5.74, 6) is 1.85. The zero-order valence-corrected chi connectivity index (χ0v) is 12.1. The van der Waals surface area contributed by atoms with Crippen LogP contribution in [0.25, 0.3) is 22.6 Å². The number of aliphatic hydroxyl groups excluding tert-OH is 1. The molecule has 0 saturated carbocycles. The van der Waals surface area contributed by atoms with E-state index in [0.29, 0.717) is 36.2 Å². The molecule has 21 heavy (non-hydrogen) atoms. The first-order valence-electron chi connectivity index (χ1n) is 7.11. The van der Waals surface area contributed by atoms with Crippen LogP contribution in [0.4, 0.5) is 0 Å². The normalized spacial score (nSPS) is 13.1. The number of hydrogen-bond donors (Lipinski definition) is 1. The predicted molar refractivity (Wildman–Crippen MR) is 78.7 cm³/mol. The van der Waals surface area contributed by atoms with Crippen LogP contribution in [0.15, 0.2) is 39.3 Å². The molecule has 1 unspecified atom stereocenters. The largest absolute Gasteiger partial charge is 0.453 e. The summed E-state index contributed by atoms with van der Waals surface area (Å²) in [4.78, 5) is 4.29. The van der Waals surface area contributed by atoms with Gasteiger partial charge in [-0.1, -0.05) is 37.2 Å². The van der Waals surface area contributed by atoms with Crippen LogP contribution in [0.3, 0.4) is 0 Å². The van der Waals surface area contributed by atoms with Gasteiger partial charge in [0.2, 0.25) is 11.7 Å². The van der Waals surface area contributed by atoms with E-state index in [1.54, 1.807) is 0 Å². The van der Waals surface area contributed by atoms with Crippen LogP contribution < -0.4 is 0 Å². The van der Waals surface area contributed by atoms with Gasteiger partial charge in [-0.2, -0.15) is 4.98 Å². The van der Waals surface area contributed by atoms with Gasteiger partial charge in [0.05, 0.1) is 12.5 Å². The number of aliphatic hydroxyl groups is 1. The number of aromatic nitrogens is 2. The van der Waals surface area contributed by atoms with Gasteiger partial charge < -0.3 is 14.0 Å². The van der Waals surface area contributed by atoms with Crippen molar-refractivity contribution in [1.82, 2.24) is 10.1 Å². The van der Waals surface area contributed by atoms with E-state index in [1.807, 2.05) is 30.3 Å². The molecule has 0 aliphatic rings. The molecule has 0 bridgehead atoms. The molecule has 0 fully saturated rings. The van der Waals surface area contributed by atoms with Gasteiger partial charge in [-0.3, -0.25) is 0 Å². The number of hydrogen-bond acceptors (Lipinski definition) is 5. The molecule has 3 rings (SSSR count). The number of furan rings is 1. The zero-order chi connectivity index (χ0) is 14.8. The monoisotopic (exact) mass is 286 g/mol. The van der Waals surface area contributed by atoms with Gasteiger partial charge in [0.15, 0.2) is 5.76 Å². The van der Waals surface area contributed by atoms with E-state index < -0.39 is 6.10 Å². The summed E-state index contributed by atoms with van der Waals surface area (Å²) in [7, 11) is 0. The lowest BCUT2D eigenvalue weighted by molar-refractivity contribution is 0.138. The molecule has 1 atom stereocenters. The van der Waals surface area contributed by atoms with Crippen molar-refractivity contribution in [2.75, 3.05) is 0 Å². The van der Waals surface area contributed by atoms with E-state index >= 15 is 0 Å². The maximum Gasteiger partial charge on any atom is 0.238 e. The van der Waals surface area contributed by atoms with Crippen LogP contribution in [0, 0.1) is 5.92 Å². The Morgan fingerprint density at radius 1 is 1.24 bits per heavy atom. The van der Waals surface area contributed by atoms with Gasteiger partial charge in [0.1, 0.15) is 5.58 Å². The van der Waals surface area contributed by atoms with Crippen molar-refractivity contribution < 1.29 is 14.0 Å². The molecule has 1 aromatic carbocycles. The molecule has 0 aliphatic heterocycles. The number of nitrogens with zero attached hydrogens (tertiary/aromatic N) is 2. The summed E-state index contributed by atoms with van der Waals surface area (Å²) < 4.78 is 10.9. The Balaban J connectivity index is 1.78. The molecular formula is C16H18N2O3. The van der Waals surface area contributed by atoms with Gasteiger partial charge in [-0.25, -0.2) is 0 Å². The topological polar surface area (TPSA) is 72.3 Å². The van der Waals surface area contributed by atoms with Gasteiger partial charge in [0.25, 0.3) is 0 Å². The molecule has 0 amide bonds. The molecule has 3 aromatic rings. The molecule has 5 nitrogen and oxygen atoms in total. The Kier molecular flexibility index (Phi) is 3.75. The van der Waals surface area contributed by atoms with Gasteiger partial charge >= 0.3 is 0 Å². The zero-order valence-electron chi connectivity index (χ0n) is 12.1. The first kappa shape index (κ1) is 13.8. The van der Waals surface area contributed by atoms with E-state index in [1.165, 1.54) is 0 Å². The van der Waals surface area contributed by atoms with Crippen molar-refractivity contribution in [3.63, 3.8) is 0 Å². The van der Waals surface area contributed by atoms with Crippen LogP contribution in [0.1, 0.15) is 26.2 Å². The van der Waals surface area contributed by atoms with E-state index in [0.717, 1.165) is 11.0 Å². The van der Waals surface area contributed by atoms with Crippen LogP contribution >= 0.6 is 0 Å². The van der Waals surface area contributed by atoms with Crippen molar-refractivity contribution in [3.05, 3.63) is 36.2 Å². The maximum atomic E-state index is 9.92. The van der Waals surface area contributed by atoms with E-state index in [4.69, 9.17) is 8.94 Å². The van der Waals surface area contributed by atoms with E-state index in [-0.39, 0.29) is 0 Å². The van der Waals surface area contributed by atoms with E-state index in [9.17, 15) is 5.11 Å². The molecule has 0 saturated heterocycles. The van der Waals surface area contributed by atoms with Crippen LogP contribution in [0.2, 0.25) is 0 Å². The predicted octanol–water partition coefficient (Wildman–Crippen LogP) is 3.43. The highest BCUT2D eigenvalue weighted by Gasteiger charge is 2.16. The molecule has 110 valence electrons. The third-order valence-corrected chi connectivity index (χ3v) is 3.27. The maximum absolute atomic E-state index is 9.92. The highest BCUT2D eigenvalue weighted by Crippen LogP contribution is 2.25. The van der Waals surface area contributed by atoms with Crippen molar-refractivity contribution in [1.29, 1.82) is 0 Å². The molecule has 0 aliphatic carbocycles. The molecule has 2 aromatic heterocycles. The summed E-state index contributed by atoms with van der Waals surface area (Å²) in [5, 5.41) is 14.8. The Hall–Kier alpha value is -2.14. The molecule has 5 heteroatoms. The second kappa shape index (κ2) is 5.69. The minimum absolute atomic E-state index is 0.366. The number of benzene rings is 1. The highest BCUT2D eigenvalue weighted by molar-refractivity contribution is 5.81. The van der Waals surface area contributed by atoms with Crippen LogP contribution in [-0.2, 0) is 6.42 Å². The number of fused-ring (bicyclic) bond motifs is 1. The quantitative estimate of drug-likeness (QED) is 0.778. The second-order valence-electron chi connectivity index (χ2n) is 5.65. The molecule has 1 N–H and O–H groups in total. The standard InChI is InChI=1S/C16H18N2O3/c1-10(2)7-12(19)9-15-17-16(18-21-15)14-8-11-5-3-4-6-13(11)20-14/h3-6,8,10,12,19H,7,9H2,1-2H3. The van der Waals surface area contributed by atoms with Crippen molar-refractivity contribution >= 4 is 11.0 Å². The average Bonchev–Trinajstić information content (AvgIpc) is 3.03. The van der Waals surface area contributed by atoms with E-state index in [2.05, 4.69) is 24.0 Å². The Morgan fingerprint density at radius 3 is 2.81 bits per heavy atom. The summed E-state index contributed by atoms with van der Waals surface area (Å²) >= 11 is 0. The average molecular weight is 286 g/mol. The minimum atomic E-state index is -0.464. The molecular weight excluding hydrogens is 268 g/mol. The molecule has 0 radical (unpaired) electrons. The fraction of sp³-hybridized carbons (Fsp3) is 0.375. The van der Waals surface area contributed by atoms with Crippen LogP contribution in [-0.4, -0.2) is 21.4 Å². The number of para-hydroxylation sites is 1. The lowest BCUT2D eigenvalue weighted by Gasteiger charge is -2.09. The highest BCUT2D eigenvalue weighted by atomic mass is 16.5. The first-order chi connectivity index (χ1) is 10.1. The fourth-order valence-corrected chi connectivity index (χ4v) is 2.36. The molecule has 2 heterocycles. The summed E-state index contributed by atoms with van der Waals surface area (Å²) in [5.41, 5.74) is 0.790. The van der Waals surface area contributed by atoms with Crippen molar-refractivity contribution in [3.8, 4) is 11.6 Å². The minimum Gasteiger partial charge on any atom is -0.453 e. The van der Waals surface area contributed by atoms with Gasteiger partial charge in [-0.05, 0) is 24.5 Å². The lowest BCUT2D eigenvalue weighted by atomic mass is 10.0. The van der Waals surface area contributed by atoms with Crippen molar-refractivity contribution in [2.24, 2.45) is 5.92 Å². The van der Waals surface area contributed by atoms with Crippen molar-refractivity contribution in [2.45, 2.75) is 32.8 Å². The first-order valence-corrected chi connectivity index (χ1v) is 7.11. The smallest absolute Gasteiger partial charge is 0.238 e. The Labute approximate surface area is 122 Å². The van der Waals surface area contributed by atoms with Gasteiger partial charge in [0, 0.05) is 5.39 Å². The lowest BCUT2D eigenvalue weighted by Crippen LogP contribution is -2.13. The second-order valence-corrected chi connectivity index (χ2v) is 5.65. The third kappa shape index (κ3) is 3.13. The van der Waals surface area contributed by atoms with Gasteiger partial charge in [-0.15, -0.1) is 0 Å². The summed E-state index contributed by atoms with van der Waals surface area (Å²) in [6.07, 6.45) is 0.613. The molecule has 0 spiro atoms. The summed E-state index contributed by atoms with van der Waals surface area (Å²) in [6, 6.07) is 9.61. The third-order valence-electron chi connectivity index (χ3n) is 3.27. The Morgan fingerprint density at radius 2 is 2.05 bits per heavy atom. The van der Waals surface area contributed by atoms with Crippen LogP contribution in [0.5, 0.6) is 0 Å². The Bertz CT molecular complexity index is 697. The summed E-state index contributed by atoms with van der Waals surface area (Å²) in [6.45, 7) is 4.13.